The molecule has 0 fully saturated rings. The van der Waals surface area contributed by atoms with Crippen molar-refractivity contribution in [1.82, 2.24) is 0 Å². The highest BCUT2D eigenvalue weighted by molar-refractivity contribution is 7.86. The van der Waals surface area contributed by atoms with E-state index in [1.54, 1.807) is 26.0 Å². The number of nitrogens with two attached hydrogens (primary N) is 1. The lowest BCUT2D eigenvalue weighted by Gasteiger charge is -2.13. The quantitative estimate of drug-likeness (QED) is 0.826. The highest BCUT2D eigenvalue weighted by Crippen LogP contribution is 2.07. The Morgan fingerprint density at radius 2 is 1.94 bits per heavy atom. The number of nitrogens with one attached hydrogen (secondary N) is 1. The molecule has 3 atom stereocenters. The summed E-state index contributed by atoms with van der Waals surface area (Å²) in [7, 11) is -1.24. The monoisotopic (exact) mass is 254 g/mol. The summed E-state index contributed by atoms with van der Waals surface area (Å²) in [4.78, 5) is 11.8. The van der Waals surface area contributed by atoms with E-state index in [1.807, 2.05) is 18.2 Å². The summed E-state index contributed by atoms with van der Waals surface area (Å²) < 4.78 is 11.8. The van der Waals surface area contributed by atoms with Gasteiger partial charge in [-0.15, -0.1) is 0 Å². The number of amides is 1. The molecule has 0 aliphatic carbocycles. The zero-order chi connectivity index (χ0) is 12.8. The lowest BCUT2D eigenvalue weighted by atomic mass is 10.3. The molecule has 1 aromatic rings. The van der Waals surface area contributed by atoms with E-state index in [0.29, 0.717) is 11.4 Å². The van der Waals surface area contributed by atoms with Crippen molar-refractivity contribution in [3.63, 3.8) is 0 Å². The molecular formula is C12H18N2O2S. The molecule has 94 valence electrons. The molecule has 0 radical (unpaired) electrons. The van der Waals surface area contributed by atoms with Crippen LogP contribution in [0.25, 0.3) is 0 Å². The van der Waals surface area contributed by atoms with Crippen LogP contribution in [-0.4, -0.2) is 27.2 Å². The Labute approximate surface area is 104 Å². The SMILES string of the molecule is CC(N)CS(=O)C(C)C(=O)Nc1ccccc1. The van der Waals surface area contributed by atoms with Crippen LogP contribution >= 0.6 is 0 Å². The van der Waals surface area contributed by atoms with Gasteiger partial charge in [-0.05, 0) is 26.0 Å². The number of benzene rings is 1. The second kappa shape index (κ2) is 6.51. The number of hydrogen-bond donors (Lipinski definition) is 2. The number of carbonyl (C=O) groups is 1. The normalized spacial score (nSPS) is 15.9. The average molecular weight is 254 g/mol. The molecule has 0 aliphatic heterocycles. The summed E-state index contributed by atoms with van der Waals surface area (Å²) >= 11 is 0. The van der Waals surface area contributed by atoms with Crippen molar-refractivity contribution in [3.05, 3.63) is 30.3 Å². The van der Waals surface area contributed by atoms with Gasteiger partial charge >= 0.3 is 0 Å². The third-order valence-electron chi connectivity index (χ3n) is 2.23. The molecule has 0 aromatic heterocycles. The van der Waals surface area contributed by atoms with Crippen LogP contribution in [0.1, 0.15) is 13.8 Å². The molecule has 0 saturated heterocycles. The number of rotatable bonds is 5. The molecule has 0 saturated carbocycles. The molecule has 4 nitrogen and oxygen atoms in total. The fourth-order valence-corrected chi connectivity index (χ4v) is 2.39. The first-order valence-corrected chi connectivity index (χ1v) is 6.87. The van der Waals surface area contributed by atoms with E-state index in [-0.39, 0.29) is 11.9 Å². The van der Waals surface area contributed by atoms with Crippen LogP contribution in [0.2, 0.25) is 0 Å². The number of carbonyl (C=O) groups excluding carboxylic acids is 1. The molecule has 17 heavy (non-hydrogen) atoms. The van der Waals surface area contributed by atoms with E-state index in [0.717, 1.165) is 0 Å². The maximum Gasteiger partial charge on any atom is 0.239 e. The van der Waals surface area contributed by atoms with E-state index in [2.05, 4.69) is 5.32 Å². The summed E-state index contributed by atoms with van der Waals surface area (Å²) in [5.41, 5.74) is 6.27. The topological polar surface area (TPSA) is 72.2 Å². The summed E-state index contributed by atoms with van der Waals surface area (Å²) in [5, 5.41) is 2.17. The molecule has 1 amide bonds. The number of anilines is 1. The second-order valence-electron chi connectivity index (χ2n) is 4.02. The van der Waals surface area contributed by atoms with Gasteiger partial charge in [-0.1, -0.05) is 18.2 Å². The van der Waals surface area contributed by atoms with Crippen molar-refractivity contribution in [2.45, 2.75) is 25.1 Å². The van der Waals surface area contributed by atoms with Gasteiger partial charge in [-0.25, -0.2) is 0 Å². The summed E-state index contributed by atoms with van der Waals surface area (Å²) in [5.74, 6) is 0.0961. The molecule has 0 aliphatic rings. The van der Waals surface area contributed by atoms with E-state index < -0.39 is 16.0 Å². The van der Waals surface area contributed by atoms with Crippen molar-refractivity contribution in [2.24, 2.45) is 5.73 Å². The highest BCUT2D eigenvalue weighted by atomic mass is 32.2. The van der Waals surface area contributed by atoms with Gasteiger partial charge in [0.25, 0.3) is 0 Å². The lowest BCUT2D eigenvalue weighted by Crippen LogP contribution is -2.34. The molecule has 5 heteroatoms. The lowest BCUT2D eigenvalue weighted by molar-refractivity contribution is -0.115. The molecule has 3 N–H and O–H groups in total. The predicted octanol–water partition coefficient (Wildman–Crippen LogP) is 1.11. The Hall–Kier alpha value is -1.20. The van der Waals surface area contributed by atoms with E-state index in [9.17, 15) is 9.00 Å². The smallest absolute Gasteiger partial charge is 0.239 e. The van der Waals surface area contributed by atoms with Crippen LogP contribution in [-0.2, 0) is 15.6 Å². The minimum Gasteiger partial charge on any atom is -0.327 e. The zero-order valence-corrected chi connectivity index (χ0v) is 10.9. The van der Waals surface area contributed by atoms with E-state index >= 15 is 0 Å². The van der Waals surface area contributed by atoms with Crippen LogP contribution in [0.15, 0.2) is 30.3 Å². The first kappa shape index (κ1) is 13.9. The molecule has 0 heterocycles. The van der Waals surface area contributed by atoms with Gasteiger partial charge in [0.15, 0.2) is 0 Å². The summed E-state index contributed by atoms with van der Waals surface area (Å²) in [6.07, 6.45) is 0. The molecular weight excluding hydrogens is 236 g/mol. The number of para-hydroxylation sites is 1. The highest BCUT2D eigenvalue weighted by Gasteiger charge is 2.20. The Morgan fingerprint density at radius 3 is 2.47 bits per heavy atom. The third kappa shape index (κ3) is 4.66. The van der Waals surface area contributed by atoms with Gasteiger partial charge in [0.2, 0.25) is 5.91 Å². The number of hydrogen-bond acceptors (Lipinski definition) is 3. The molecule has 0 bridgehead atoms. The summed E-state index contributed by atoms with van der Waals surface area (Å²) in [6, 6.07) is 8.95. The Kier molecular flexibility index (Phi) is 5.31. The van der Waals surface area contributed by atoms with Crippen molar-refractivity contribution < 1.29 is 9.00 Å². The minimum atomic E-state index is -1.24. The van der Waals surface area contributed by atoms with E-state index in [1.165, 1.54) is 0 Å². The third-order valence-corrected chi connectivity index (χ3v) is 4.09. The van der Waals surface area contributed by atoms with Crippen molar-refractivity contribution in [2.75, 3.05) is 11.1 Å². The van der Waals surface area contributed by atoms with Gasteiger partial charge < -0.3 is 11.1 Å². The average Bonchev–Trinajstić information content (AvgIpc) is 2.28. The first-order chi connectivity index (χ1) is 8.00. The standard InChI is InChI=1S/C12H18N2O2S/c1-9(13)8-17(16)10(2)12(15)14-11-6-4-3-5-7-11/h3-7,9-10H,8,13H2,1-2H3,(H,14,15). The Morgan fingerprint density at radius 1 is 1.35 bits per heavy atom. The molecule has 3 unspecified atom stereocenters. The second-order valence-corrected chi connectivity index (χ2v) is 5.82. The van der Waals surface area contributed by atoms with Gasteiger partial charge in [-0.3, -0.25) is 9.00 Å². The van der Waals surface area contributed by atoms with Gasteiger partial charge in [0.05, 0.1) is 0 Å². The van der Waals surface area contributed by atoms with Crippen LogP contribution < -0.4 is 11.1 Å². The van der Waals surface area contributed by atoms with Crippen molar-refractivity contribution in [3.8, 4) is 0 Å². The van der Waals surface area contributed by atoms with Gasteiger partial charge in [-0.2, -0.15) is 0 Å². The van der Waals surface area contributed by atoms with Crippen LogP contribution in [0.5, 0.6) is 0 Å². The maximum atomic E-state index is 11.8. The van der Waals surface area contributed by atoms with E-state index in [4.69, 9.17) is 5.73 Å². The summed E-state index contributed by atoms with van der Waals surface area (Å²) in [6.45, 7) is 3.43. The zero-order valence-electron chi connectivity index (χ0n) is 10.1. The van der Waals surface area contributed by atoms with Crippen molar-refractivity contribution in [1.29, 1.82) is 0 Å². The minimum absolute atomic E-state index is 0.164. The maximum absolute atomic E-state index is 11.8. The van der Waals surface area contributed by atoms with Crippen LogP contribution in [0.3, 0.4) is 0 Å². The van der Waals surface area contributed by atoms with Crippen LogP contribution in [0.4, 0.5) is 5.69 Å². The fraction of sp³-hybridized carbons (Fsp3) is 0.417. The van der Waals surface area contributed by atoms with Crippen molar-refractivity contribution >= 4 is 22.4 Å². The van der Waals surface area contributed by atoms with Gasteiger partial charge in [0.1, 0.15) is 5.25 Å². The largest absolute Gasteiger partial charge is 0.327 e. The fourth-order valence-electron chi connectivity index (χ4n) is 1.29. The molecule has 1 rings (SSSR count). The van der Waals surface area contributed by atoms with Crippen LogP contribution in [0, 0.1) is 0 Å². The first-order valence-electron chi connectivity index (χ1n) is 5.49. The Balaban J connectivity index is 2.56. The molecule has 1 aromatic carbocycles. The predicted molar refractivity (Wildman–Crippen MR) is 71.2 cm³/mol. The van der Waals surface area contributed by atoms with Gasteiger partial charge in [0, 0.05) is 28.3 Å². The Bertz CT molecular complexity index is 393. The molecule has 0 spiro atoms.